The van der Waals surface area contributed by atoms with E-state index in [0.29, 0.717) is 5.92 Å². The predicted octanol–water partition coefficient (Wildman–Crippen LogP) is 1.49. The van der Waals surface area contributed by atoms with Crippen LogP contribution in [-0.4, -0.2) is 22.9 Å². The molecule has 1 heterocycles. The minimum atomic E-state index is -0.326. The lowest BCUT2D eigenvalue weighted by atomic mass is 10.3. The topological polar surface area (TPSA) is 44.1 Å². The summed E-state index contributed by atoms with van der Waals surface area (Å²) in [6, 6.07) is 1.66. The van der Waals surface area contributed by atoms with Crippen LogP contribution in [0.2, 0.25) is 0 Å². The van der Waals surface area contributed by atoms with Crippen molar-refractivity contribution in [3.8, 4) is 0 Å². The minimum Gasteiger partial charge on any atom is -0.467 e. The average Bonchev–Trinajstić information content (AvgIpc) is 2.94. The van der Waals surface area contributed by atoms with E-state index in [0.717, 1.165) is 5.69 Å². The Morgan fingerprint density at radius 2 is 2.43 bits per heavy atom. The smallest absolute Gasteiger partial charge is 0.330 e. The Balaban J connectivity index is 2.11. The van der Waals surface area contributed by atoms with Gasteiger partial charge >= 0.3 is 5.97 Å². The van der Waals surface area contributed by atoms with Crippen LogP contribution in [0.25, 0.3) is 0 Å². The average molecular weight is 194 g/mol. The van der Waals surface area contributed by atoms with Gasteiger partial charge in [0, 0.05) is 12.1 Å². The highest BCUT2D eigenvalue weighted by Gasteiger charge is 2.27. The molecule has 0 aromatic carbocycles. The van der Waals surface area contributed by atoms with Crippen LogP contribution >= 0.6 is 0 Å². The van der Waals surface area contributed by atoms with E-state index in [-0.39, 0.29) is 12.0 Å². The maximum absolute atomic E-state index is 11.2. The Hall–Kier alpha value is -1.32. The van der Waals surface area contributed by atoms with Gasteiger partial charge in [-0.15, -0.1) is 0 Å². The van der Waals surface area contributed by atoms with Gasteiger partial charge in [-0.05, 0) is 25.8 Å². The molecule has 1 atom stereocenters. The molecule has 0 N–H and O–H groups in total. The maximum atomic E-state index is 11.2. The van der Waals surface area contributed by atoms with Crippen molar-refractivity contribution in [1.82, 2.24) is 9.78 Å². The van der Waals surface area contributed by atoms with Crippen molar-refractivity contribution < 1.29 is 9.53 Å². The largest absolute Gasteiger partial charge is 0.467 e. The van der Waals surface area contributed by atoms with Crippen LogP contribution in [-0.2, 0) is 9.53 Å². The predicted molar refractivity (Wildman–Crippen MR) is 50.9 cm³/mol. The maximum Gasteiger partial charge on any atom is 0.330 e. The first-order chi connectivity index (χ1) is 6.72. The molecule has 4 nitrogen and oxygen atoms in total. The second-order valence-corrected chi connectivity index (χ2v) is 3.69. The summed E-state index contributed by atoms with van der Waals surface area (Å²) in [6.07, 6.45) is 4.29. The Bertz CT molecular complexity index is 342. The number of aromatic nitrogens is 2. The summed E-state index contributed by atoms with van der Waals surface area (Å²) in [5.74, 6) is 0.372. The number of ether oxygens (including phenoxy) is 1. The van der Waals surface area contributed by atoms with Crippen LogP contribution in [0, 0.1) is 0 Å². The lowest BCUT2D eigenvalue weighted by Gasteiger charge is -2.08. The van der Waals surface area contributed by atoms with Crippen molar-refractivity contribution in [2.45, 2.75) is 31.7 Å². The van der Waals surface area contributed by atoms with Crippen LogP contribution in [0.15, 0.2) is 12.3 Å². The van der Waals surface area contributed by atoms with Crippen LogP contribution in [0.5, 0.6) is 0 Å². The van der Waals surface area contributed by atoms with Gasteiger partial charge in [0.2, 0.25) is 0 Å². The third kappa shape index (κ3) is 1.64. The fraction of sp³-hybridized carbons (Fsp3) is 0.600. The molecular formula is C10H14N2O2. The molecule has 1 saturated carbocycles. The van der Waals surface area contributed by atoms with E-state index in [2.05, 4.69) is 9.84 Å². The quantitative estimate of drug-likeness (QED) is 0.685. The van der Waals surface area contributed by atoms with E-state index in [1.54, 1.807) is 11.6 Å². The zero-order chi connectivity index (χ0) is 10.1. The summed E-state index contributed by atoms with van der Waals surface area (Å²) in [5.41, 5.74) is 1.10. The van der Waals surface area contributed by atoms with Gasteiger partial charge in [-0.3, -0.25) is 4.68 Å². The zero-order valence-electron chi connectivity index (χ0n) is 8.43. The molecule has 0 radical (unpaired) electrons. The lowest BCUT2D eigenvalue weighted by Crippen LogP contribution is -2.18. The number of nitrogens with zero attached hydrogens (tertiary/aromatic N) is 2. The Morgan fingerprint density at radius 3 is 3.00 bits per heavy atom. The molecule has 1 aliphatic rings. The standard InChI is InChI=1S/C10H14N2O2/c1-7(10(13)14-2)12-6-5-9(11-12)8-3-4-8/h5-8H,3-4H2,1-2H3/t7-/m1/s1. The molecule has 0 spiro atoms. The van der Waals surface area contributed by atoms with Crippen molar-refractivity contribution in [2.75, 3.05) is 7.11 Å². The molecule has 0 saturated heterocycles. The van der Waals surface area contributed by atoms with Gasteiger partial charge in [0.05, 0.1) is 12.8 Å². The van der Waals surface area contributed by atoms with Crippen molar-refractivity contribution >= 4 is 5.97 Å². The van der Waals surface area contributed by atoms with E-state index < -0.39 is 0 Å². The zero-order valence-corrected chi connectivity index (χ0v) is 8.43. The summed E-state index contributed by atoms with van der Waals surface area (Å²) in [5, 5.41) is 4.36. The summed E-state index contributed by atoms with van der Waals surface area (Å²) in [4.78, 5) is 11.2. The van der Waals surface area contributed by atoms with Crippen LogP contribution in [0.1, 0.15) is 37.4 Å². The summed E-state index contributed by atoms with van der Waals surface area (Å²) < 4.78 is 6.32. The molecule has 76 valence electrons. The first kappa shape index (κ1) is 9.24. The summed E-state index contributed by atoms with van der Waals surface area (Å²) >= 11 is 0. The minimum absolute atomic E-state index is 0.254. The van der Waals surface area contributed by atoms with Crippen molar-refractivity contribution in [1.29, 1.82) is 0 Å². The molecule has 1 aliphatic carbocycles. The van der Waals surface area contributed by atoms with Gasteiger partial charge in [0.25, 0.3) is 0 Å². The van der Waals surface area contributed by atoms with Crippen molar-refractivity contribution in [3.05, 3.63) is 18.0 Å². The third-order valence-electron chi connectivity index (χ3n) is 2.56. The molecule has 0 unspecified atom stereocenters. The second kappa shape index (κ2) is 3.44. The Kier molecular flexibility index (Phi) is 2.27. The lowest BCUT2D eigenvalue weighted by molar-refractivity contribution is -0.144. The molecule has 0 amide bonds. The van der Waals surface area contributed by atoms with E-state index in [1.165, 1.54) is 20.0 Å². The van der Waals surface area contributed by atoms with E-state index in [1.807, 2.05) is 12.3 Å². The highest BCUT2D eigenvalue weighted by molar-refractivity contribution is 5.73. The number of hydrogen-bond donors (Lipinski definition) is 0. The fourth-order valence-corrected chi connectivity index (χ4v) is 1.44. The highest BCUT2D eigenvalue weighted by atomic mass is 16.5. The number of methoxy groups -OCH3 is 1. The van der Waals surface area contributed by atoms with Gasteiger partial charge in [-0.1, -0.05) is 0 Å². The van der Waals surface area contributed by atoms with E-state index >= 15 is 0 Å². The molecule has 1 aromatic rings. The van der Waals surface area contributed by atoms with E-state index in [4.69, 9.17) is 0 Å². The van der Waals surface area contributed by atoms with Gasteiger partial charge in [0.1, 0.15) is 6.04 Å². The monoisotopic (exact) mass is 194 g/mol. The molecule has 1 fully saturated rings. The van der Waals surface area contributed by atoms with Crippen LogP contribution < -0.4 is 0 Å². The van der Waals surface area contributed by atoms with Crippen LogP contribution in [0.3, 0.4) is 0 Å². The van der Waals surface area contributed by atoms with Gasteiger partial charge in [0.15, 0.2) is 0 Å². The van der Waals surface area contributed by atoms with Crippen molar-refractivity contribution in [3.63, 3.8) is 0 Å². The number of rotatable bonds is 3. The molecule has 1 aromatic heterocycles. The molecular weight excluding hydrogens is 180 g/mol. The van der Waals surface area contributed by atoms with Gasteiger partial charge in [-0.25, -0.2) is 4.79 Å². The van der Waals surface area contributed by atoms with Gasteiger partial charge < -0.3 is 4.74 Å². The molecule has 0 bridgehead atoms. The molecule has 2 rings (SSSR count). The summed E-state index contributed by atoms with van der Waals surface area (Å²) in [7, 11) is 1.39. The number of carbonyl (C=O) groups is 1. The normalized spacial score (nSPS) is 17.9. The third-order valence-corrected chi connectivity index (χ3v) is 2.56. The number of hydrogen-bond acceptors (Lipinski definition) is 3. The Labute approximate surface area is 82.9 Å². The number of carbonyl (C=O) groups excluding carboxylic acids is 1. The molecule has 14 heavy (non-hydrogen) atoms. The SMILES string of the molecule is COC(=O)[C@@H](C)n1ccc(C2CC2)n1. The van der Waals surface area contributed by atoms with E-state index in [9.17, 15) is 4.79 Å². The Morgan fingerprint density at radius 1 is 1.71 bits per heavy atom. The first-order valence-electron chi connectivity index (χ1n) is 4.85. The first-order valence-corrected chi connectivity index (χ1v) is 4.85. The van der Waals surface area contributed by atoms with Crippen LogP contribution in [0.4, 0.5) is 0 Å². The molecule has 0 aliphatic heterocycles. The van der Waals surface area contributed by atoms with Crippen molar-refractivity contribution in [2.24, 2.45) is 0 Å². The fourth-order valence-electron chi connectivity index (χ4n) is 1.44. The summed E-state index contributed by atoms with van der Waals surface area (Å²) in [6.45, 7) is 1.79. The van der Waals surface area contributed by atoms with Gasteiger partial charge in [-0.2, -0.15) is 5.10 Å². The second-order valence-electron chi connectivity index (χ2n) is 3.69. The number of esters is 1. The molecule has 4 heteroatoms. The highest BCUT2D eigenvalue weighted by Crippen LogP contribution is 2.38.